The summed E-state index contributed by atoms with van der Waals surface area (Å²) in [5, 5.41) is 7.67. The fourth-order valence-electron chi connectivity index (χ4n) is 3.24. The van der Waals surface area contributed by atoms with Gasteiger partial charge in [-0.3, -0.25) is 9.89 Å². The summed E-state index contributed by atoms with van der Waals surface area (Å²) >= 11 is 8.30. The summed E-state index contributed by atoms with van der Waals surface area (Å²) in [4.78, 5) is 9.41. The van der Waals surface area contributed by atoms with Gasteiger partial charge in [0.2, 0.25) is 0 Å². The second-order valence-corrected chi connectivity index (χ2v) is 8.28. The minimum atomic E-state index is 0. The van der Waals surface area contributed by atoms with E-state index in [0.717, 1.165) is 55.9 Å². The van der Waals surface area contributed by atoms with E-state index >= 15 is 0 Å². The van der Waals surface area contributed by atoms with Gasteiger partial charge >= 0.3 is 0 Å². The third-order valence-corrected chi connectivity index (χ3v) is 6.01. The lowest BCUT2D eigenvalue weighted by Crippen LogP contribution is -2.46. The van der Waals surface area contributed by atoms with Crippen molar-refractivity contribution in [1.29, 1.82) is 0 Å². The van der Waals surface area contributed by atoms with Gasteiger partial charge in [-0.1, -0.05) is 29.8 Å². The van der Waals surface area contributed by atoms with Crippen LogP contribution < -0.4 is 10.6 Å². The predicted molar refractivity (Wildman–Crippen MR) is 129 cm³/mol. The van der Waals surface area contributed by atoms with Crippen molar-refractivity contribution in [3.05, 3.63) is 56.7 Å². The van der Waals surface area contributed by atoms with Crippen LogP contribution in [-0.2, 0) is 11.3 Å². The van der Waals surface area contributed by atoms with Crippen molar-refractivity contribution < 1.29 is 4.74 Å². The number of hydrogen-bond acceptors (Lipinski definition) is 4. The smallest absolute Gasteiger partial charge is 0.191 e. The lowest BCUT2D eigenvalue weighted by atomic mass is 10.0. The first-order chi connectivity index (χ1) is 13.2. The zero-order valence-corrected chi connectivity index (χ0v) is 20.2. The van der Waals surface area contributed by atoms with E-state index in [-0.39, 0.29) is 30.0 Å². The van der Waals surface area contributed by atoms with Gasteiger partial charge in [0.1, 0.15) is 0 Å². The molecular formula is C20H28ClIN4OS. The Morgan fingerprint density at radius 3 is 2.61 bits per heavy atom. The molecule has 2 heterocycles. The molecule has 2 N–H and O–H groups in total. The number of hydrogen-bond donors (Lipinski definition) is 2. The fraction of sp³-hybridized carbons (Fsp3) is 0.450. The Labute approximate surface area is 193 Å². The molecule has 2 aromatic rings. The van der Waals surface area contributed by atoms with Gasteiger partial charge in [-0.05, 0) is 30.7 Å². The SMILES string of the molecule is CN=C(NCc1ccc(C)s1)NCC(c1ccccc1Cl)N1CCOCC1.I. The van der Waals surface area contributed by atoms with Crippen LogP contribution in [0.5, 0.6) is 0 Å². The molecular weight excluding hydrogens is 507 g/mol. The molecule has 0 aliphatic carbocycles. The van der Waals surface area contributed by atoms with Gasteiger partial charge in [-0.15, -0.1) is 35.3 Å². The summed E-state index contributed by atoms with van der Waals surface area (Å²) in [5.41, 5.74) is 1.14. The zero-order chi connectivity index (χ0) is 19.1. The Morgan fingerprint density at radius 2 is 1.96 bits per heavy atom. The molecule has 1 aromatic heterocycles. The molecule has 1 fully saturated rings. The fourth-order valence-corrected chi connectivity index (χ4v) is 4.33. The maximum absolute atomic E-state index is 6.50. The third-order valence-electron chi connectivity index (χ3n) is 4.66. The Kier molecular flexibility index (Phi) is 10.0. The van der Waals surface area contributed by atoms with E-state index in [1.807, 2.05) is 18.2 Å². The maximum atomic E-state index is 6.50. The highest BCUT2D eigenvalue weighted by Gasteiger charge is 2.24. The first-order valence-electron chi connectivity index (χ1n) is 9.23. The van der Waals surface area contributed by atoms with E-state index in [4.69, 9.17) is 16.3 Å². The van der Waals surface area contributed by atoms with Crippen molar-refractivity contribution in [1.82, 2.24) is 15.5 Å². The third kappa shape index (κ3) is 6.59. The number of thiophene rings is 1. The number of aliphatic imine (C=N–C) groups is 1. The van der Waals surface area contributed by atoms with Gasteiger partial charge in [0.25, 0.3) is 0 Å². The van der Waals surface area contributed by atoms with Crippen LogP contribution in [0.4, 0.5) is 0 Å². The Bertz CT molecular complexity index is 764. The number of halogens is 2. The molecule has 0 saturated carbocycles. The number of morpholine rings is 1. The molecule has 0 bridgehead atoms. The van der Waals surface area contributed by atoms with E-state index < -0.39 is 0 Å². The van der Waals surface area contributed by atoms with Crippen molar-refractivity contribution in [2.45, 2.75) is 19.5 Å². The number of guanidine groups is 1. The second kappa shape index (κ2) is 12.0. The first kappa shape index (κ1) is 23.4. The Balaban J connectivity index is 0.00000280. The average Bonchev–Trinajstić information content (AvgIpc) is 3.11. The standard InChI is InChI=1S/C20H27ClN4OS.HI/c1-15-7-8-16(27-15)13-23-20(22-2)24-14-19(25-9-11-26-12-10-25)17-5-3-4-6-18(17)21;/h3-8,19H,9-14H2,1-2H3,(H2,22,23,24);1H. The number of ether oxygens (including phenoxy) is 1. The van der Waals surface area contributed by atoms with Crippen LogP contribution in [0.25, 0.3) is 0 Å². The average molecular weight is 535 g/mol. The topological polar surface area (TPSA) is 48.9 Å². The van der Waals surface area contributed by atoms with Gasteiger partial charge in [-0.25, -0.2) is 0 Å². The molecule has 1 unspecified atom stereocenters. The number of aryl methyl sites for hydroxylation is 1. The molecule has 28 heavy (non-hydrogen) atoms. The molecule has 1 aromatic carbocycles. The molecule has 5 nitrogen and oxygen atoms in total. The van der Waals surface area contributed by atoms with Crippen molar-refractivity contribution in [2.24, 2.45) is 4.99 Å². The lowest BCUT2D eigenvalue weighted by molar-refractivity contribution is 0.0170. The first-order valence-corrected chi connectivity index (χ1v) is 10.4. The summed E-state index contributed by atoms with van der Waals surface area (Å²) in [6.07, 6.45) is 0. The summed E-state index contributed by atoms with van der Waals surface area (Å²) in [6, 6.07) is 12.5. The molecule has 1 aliphatic rings. The molecule has 0 spiro atoms. The lowest BCUT2D eigenvalue weighted by Gasteiger charge is -2.35. The normalized spacial score (nSPS) is 16.3. The molecule has 8 heteroatoms. The highest BCUT2D eigenvalue weighted by atomic mass is 127. The van der Waals surface area contributed by atoms with Crippen LogP contribution in [0.2, 0.25) is 5.02 Å². The second-order valence-electron chi connectivity index (χ2n) is 6.50. The monoisotopic (exact) mass is 534 g/mol. The summed E-state index contributed by atoms with van der Waals surface area (Å²) in [7, 11) is 1.80. The molecule has 1 aliphatic heterocycles. The van der Waals surface area contributed by atoms with Crippen LogP contribution in [-0.4, -0.2) is 50.8 Å². The van der Waals surface area contributed by atoms with Crippen LogP contribution in [0.1, 0.15) is 21.4 Å². The highest BCUT2D eigenvalue weighted by molar-refractivity contribution is 14.0. The minimum absolute atomic E-state index is 0. The van der Waals surface area contributed by atoms with Crippen molar-refractivity contribution in [3.63, 3.8) is 0 Å². The van der Waals surface area contributed by atoms with E-state index in [1.165, 1.54) is 9.75 Å². The molecule has 1 atom stereocenters. The maximum Gasteiger partial charge on any atom is 0.191 e. The minimum Gasteiger partial charge on any atom is -0.379 e. The van der Waals surface area contributed by atoms with Crippen molar-refractivity contribution in [2.75, 3.05) is 39.9 Å². The predicted octanol–water partition coefficient (Wildman–Crippen LogP) is 4.07. The molecule has 0 radical (unpaired) electrons. The molecule has 154 valence electrons. The summed E-state index contributed by atoms with van der Waals surface area (Å²) in [5.74, 6) is 0.798. The van der Waals surface area contributed by atoms with Crippen LogP contribution in [0.3, 0.4) is 0 Å². The van der Waals surface area contributed by atoms with Gasteiger partial charge in [0, 0.05) is 41.5 Å². The number of rotatable bonds is 6. The van der Waals surface area contributed by atoms with Crippen LogP contribution in [0.15, 0.2) is 41.4 Å². The number of nitrogens with one attached hydrogen (secondary N) is 2. The van der Waals surface area contributed by atoms with E-state index in [1.54, 1.807) is 18.4 Å². The van der Waals surface area contributed by atoms with E-state index in [0.29, 0.717) is 0 Å². The van der Waals surface area contributed by atoms with Gasteiger partial charge < -0.3 is 15.4 Å². The van der Waals surface area contributed by atoms with E-state index in [9.17, 15) is 0 Å². The van der Waals surface area contributed by atoms with Crippen LogP contribution >= 0.6 is 46.9 Å². The summed E-state index contributed by atoms with van der Waals surface area (Å²) in [6.45, 7) is 6.94. The van der Waals surface area contributed by atoms with Crippen molar-refractivity contribution >= 4 is 52.9 Å². The number of nitrogens with zero attached hydrogens (tertiary/aromatic N) is 2. The largest absolute Gasteiger partial charge is 0.379 e. The quantitative estimate of drug-likeness (QED) is 0.333. The molecule has 3 rings (SSSR count). The Morgan fingerprint density at radius 1 is 1.21 bits per heavy atom. The highest BCUT2D eigenvalue weighted by Crippen LogP contribution is 2.27. The van der Waals surface area contributed by atoms with Crippen LogP contribution in [0, 0.1) is 6.92 Å². The Hall–Kier alpha value is -0.870. The van der Waals surface area contributed by atoms with Crippen molar-refractivity contribution in [3.8, 4) is 0 Å². The molecule has 0 amide bonds. The summed E-state index contributed by atoms with van der Waals surface area (Å²) < 4.78 is 5.52. The molecule has 1 saturated heterocycles. The van der Waals surface area contributed by atoms with E-state index in [2.05, 4.69) is 45.6 Å². The van der Waals surface area contributed by atoms with Gasteiger partial charge in [0.15, 0.2) is 5.96 Å². The number of benzene rings is 1. The van der Waals surface area contributed by atoms with Gasteiger partial charge in [-0.2, -0.15) is 0 Å². The zero-order valence-electron chi connectivity index (χ0n) is 16.3. The van der Waals surface area contributed by atoms with Gasteiger partial charge in [0.05, 0.1) is 25.8 Å².